The fourth-order valence-corrected chi connectivity index (χ4v) is 6.37. The van der Waals surface area contributed by atoms with E-state index in [9.17, 15) is 0 Å². The van der Waals surface area contributed by atoms with Crippen molar-refractivity contribution in [2.75, 3.05) is 104 Å². The van der Waals surface area contributed by atoms with Gasteiger partial charge in [-0.25, -0.2) is 0 Å². The summed E-state index contributed by atoms with van der Waals surface area (Å²) >= 11 is 3.53. The molecule has 0 rings (SSSR count). The Bertz CT molecular complexity index is 398. The van der Waals surface area contributed by atoms with Crippen LogP contribution in [0.3, 0.4) is 0 Å². The predicted molar refractivity (Wildman–Crippen MR) is 156 cm³/mol. The summed E-state index contributed by atoms with van der Waals surface area (Å²) in [5, 5.41) is 0.848. The normalized spacial score (nSPS) is 12.0. The molecule has 9 nitrogen and oxygen atoms in total. The number of hydrogen-bond acceptors (Lipinski definition) is 9. The first kappa shape index (κ1) is 38.3. The molecular formula is C27H57BrO9Si. The number of ether oxygens (including phenoxy) is 6. The van der Waals surface area contributed by atoms with Gasteiger partial charge in [0.2, 0.25) is 0 Å². The van der Waals surface area contributed by atoms with Crippen LogP contribution in [0.25, 0.3) is 0 Å². The van der Waals surface area contributed by atoms with Crippen molar-refractivity contribution in [3.05, 3.63) is 0 Å². The Kier molecular flexibility index (Phi) is 32.1. The molecule has 0 aliphatic rings. The molecule has 0 bridgehead atoms. The van der Waals surface area contributed by atoms with E-state index in [4.69, 9.17) is 41.7 Å². The lowest BCUT2D eigenvalue weighted by molar-refractivity contribution is -0.0161. The zero-order valence-electron chi connectivity index (χ0n) is 24.5. The van der Waals surface area contributed by atoms with Gasteiger partial charge in [-0.05, 0) is 25.7 Å². The van der Waals surface area contributed by atoms with Crippen molar-refractivity contribution < 1.29 is 41.7 Å². The molecule has 0 saturated heterocycles. The first-order chi connectivity index (χ1) is 18.7. The molecule has 0 spiro atoms. The first-order valence-corrected chi connectivity index (χ1v) is 17.7. The van der Waals surface area contributed by atoms with Gasteiger partial charge >= 0.3 is 8.80 Å². The van der Waals surface area contributed by atoms with Crippen LogP contribution in [-0.2, 0) is 41.7 Å². The van der Waals surface area contributed by atoms with Gasteiger partial charge < -0.3 is 41.7 Å². The van der Waals surface area contributed by atoms with Crippen LogP contribution >= 0.6 is 15.9 Å². The molecule has 0 aromatic rings. The lowest BCUT2D eigenvalue weighted by Gasteiger charge is -2.30. The quantitative estimate of drug-likeness (QED) is 0.0546. The molecule has 38 heavy (non-hydrogen) atoms. The highest BCUT2D eigenvalue weighted by Crippen LogP contribution is 2.19. The average Bonchev–Trinajstić information content (AvgIpc) is 2.93. The van der Waals surface area contributed by atoms with Crippen molar-refractivity contribution in [2.24, 2.45) is 0 Å². The van der Waals surface area contributed by atoms with Crippen LogP contribution in [0.4, 0.5) is 0 Å². The van der Waals surface area contributed by atoms with Gasteiger partial charge in [-0.15, -0.1) is 0 Å². The number of rotatable bonds is 33. The Morgan fingerprint density at radius 3 is 0.974 bits per heavy atom. The maximum atomic E-state index is 6.27. The summed E-state index contributed by atoms with van der Waals surface area (Å²) in [6.07, 6.45) is 7.50. The summed E-state index contributed by atoms with van der Waals surface area (Å²) in [6.45, 7) is 14.8. The summed E-state index contributed by atoms with van der Waals surface area (Å²) < 4.78 is 52.5. The molecule has 0 aliphatic carbocycles. The Hall–Kier alpha value is 0.337. The standard InChI is InChI=1S/C27H57BrO9Si/c1-4-7-12-29-15-18-32-21-24-35-38(27-10-11-28,36-25-22-33-19-16-30-13-8-5-2)37-26-23-34-20-17-31-14-9-6-3/h4-27H2,1-3H3. The molecule has 0 radical (unpaired) electrons. The number of halogens is 1. The summed E-state index contributed by atoms with van der Waals surface area (Å²) in [7, 11) is -2.94. The van der Waals surface area contributed by atoms with Crippen LogP contribution in [0.15, 0.2) is 0 Å². The second-order valence-corrected chi connectivity index (χ2v) is 12.3. The van der Waals surface area contributed by atoms with Gasteiger partial charge in [-0.2, -0.15) is 0 Å². The largest absolute Gasteiger partial charge is 0.501 e. The Morgan fingerprint density at radius 2 is 0.684 bits per heavy atom. The van der Waals surface area contributed by atoms with Gasteiger partial charge in [0.05, 0.1) is 79.3 Å². The van der Waals surface area contributed by atoms with E-state index in [2.05, 4.69) is 36.7 Å². The van der Waals surface area contributed by atoms with Crippen LogP contribution < -0.4 is 0 Å². The minimum atomic E-state index is -2.94. The third kappa shape index (κ3) is 26.6. The third-order valence-corrected chi connectivity index (χ3v) is 8.77. The van der Waals surface area contributed by atoms with E-state index in [0.29, 0.717) is 85.3 Å². The smallest absolute Gasteiger partial charge is 0.379 e. The van der Waals surface area contributed by atoms with Crippen molar-refractivity contribution in [1.82, 2.24) is 0 Å². The van der Waals surface area contributed by atoms with E-state index in [1.54, 1.807) is 0 Å². The number of hydrogen-bond donors (Lipinski definition) is 0. The van der Waals surface area contributed by atoms with Crippen molar-refractivity contribution in [2.45, 2.75) is 71.8 Å². The van der Waals surface area contributed by atoms with E-state index >= 15 is 0 Å². The highest BCUT2D eigenvalue weighted by Gasteiger charge is 2.40. The van der Waals surface area contributed by atoms with Crippen LogP contribution in [0.2, 0.25) is 6.04 Å². The second-order valence-electron chi connectivity index (χ2n) is 8.76. The monoisotopic (exact) mass is 632 g/mol. The molecule has 0 fully saturated rings. The van der Waals surface area contributed by atoms with Crippen LogP contribution in [0.5, 0.6) is 0 Å². The minimum Gasteiger partial charge on any atom is -0.379 e. The topological polar surface area (TPSA) is 83.1 Å². The first-order valence-electron chi connectivity index (χ1n) is 14.7. The van der Waals surface area contributed by atoms with Crippen LogP contribution in [0, 0.1) is 0 Å². The second kappa shape index (κ2) is 31.9. The van der Waals surface area contributed by atoms with Crippen molar-refractivity contribution >= 4 is 24.7 Å². The highest BCUT2D eigenvalue weighted by atomic mass is 79.9. The fraction of sp³-hybridized carbons (Fsp3) is 1.00. The zero-order valence-corrected chi connectivity index (χ0v) is 27.1. The maximum absolute atomic E-state index is 6.27. The van der Waals surface area contributed by atoms with Gasteiger partial charge in [-0.3, -0.25) is 0 Å². The van der Waals surface area contributed by atoms with Gasteiger partial charge in [0.1, 0.15) is 0 Å². The van der Waals surface area contributed by atoms with E-state index in [1.807, 2.05) is 0 Å². The molecule has 230 valence electrons. The molecule has 0 aromatic heterocycles. The maximum Gasteiger partial charge on any atom is 0.501 e. The third-order valence-electron chi connectivity index (χ3n) is 5.31. The molecule has 0 unspecified atom stereocenters. The van der Waals surface area contributed by atoms with Gasteiger partial charge in [0, 0.05) is 31.2 Å². The van der Waals surface area contributed by atoms with Crippen molar-refractivity contribution in [3.8, 4) is 0 Å². The van der Waals surface area contributed by atoms with E-state index in [0.717, 1.165) is 70.1 Å². The lowest BCUT2D eigenvalue weighted by atomic mass is 10.4. The fourth-order valence-electron chi connectivity index (χ4n) is 3.10. The lowest BCUT2D eigenvalue weighted by Crippen LogP contribution is -2.48. The SMILES string of the molecule is CCCCOCCOCCO[Si](CCCBr)(OCCOCCOCCCC)OCCOCCOCCCC. The molecule has 0 amide bonds. The Labute approximate surface area is 242 Å². The molecule has 0 atom stereocenters. The highest BCUT2D eigenvalue weighted by molar-refractivity contribution is 9.09. The van der Waals surface area contributed by atoms with Gasteiger partial charge in [0.25, 0.3) is 0 Å². The zero-order chi connectivity index (χ0) is 27.8. The summed E-state index contributed by atoms with van der Waals surface area (Å²) in [6, 6.07) is 0.707. The van der Waals surface area contributed by atoms with Crippen LogP contribution in [0.1, 0.15) is 65.7 Å². The average molecular weight is 634 g/mol. The molecule has 11 heteroatoms. The predicted octanol–water partition coefficient (Wildman–Crippen LogP) is 5.26. The molecule has 0 aromatic carbocycles. The van der Waals surface area contributed by atoms with E-state index in [1.165, 1.54) is 0 Å². The van der Waals surface area contributed by atoms with Gasteiger partial charge in [-0.1, -0.05) is 56.0 Å². The van der Waals surface area contributed by atoms with Crippen LogP contribution in [-0.4, -0.2) is 113 Å². The summed E-state index contributed by atoms with van der Waals surface area (Å²) in [5.74, 6) is 0. The van der Waals surface area contributed by atoms with Crippen molar-refractivity contribution in [3.63, 3.8) is 0 Å². The summed E-state index contributed by atoms with van der Waals surface area (Å²) in [5.41, 5.74) is 0. The molecule has 0 N–H and O–H groups in total. The molecule has 0 heterocycles. The molecular weight excluding hydrogens is 576 g/mol. The van der Waals surface area contributed by atoms with E-state index < -0.39 is 8.80 Å². The number of unbranched alkanes of at least 4 members (excludes halogenated alkanes) is 3. The minimum absolute atomic E-state index is 0.404. The van der Waals surface area contributed by atoms with Crippen molar-refractivity contribution in [1.29, 1.82) is 0 Å². The Morgan fingerprint density at radius 1 is 0.395 bits per heavy atom. The van der Waals surface area contributed by atoms with E-state index in [-0.39, 0.29) is 0 Å². The van der Waals surface area contributed by atoms with Gasteiger partial charge in [0.15, 0.2) is 0 Å². The molecule has 0 aliphatic heterocycles. The number of alkyl halides is 1. The molecule has 0 saturated carbocycles. The Balaban J connectivity index is 4.49. The summed E-state index contributed by atoms with van der Waals surface area (Å²) in [4.78, 5) is 0.